The maximum atomic E-state index is 12.7. The Bertz CT molecular complexity index is 975. The Morgan fingerprint density at radius 1 is 0.972 bits per heavy atom. The predicted octanol–water partition coefficient (Wildman–Crippen LogP) is 1.99. The molecule has 2 unspecified atom stereocenters. The number of esters is 1. The number of hydrazine groups is 1. The second kappa shape index (κ2) is 12.7. The van der Waals surface area contributed by atoms with Gasteiger partial charge in [-0.2, -0.15) is 0 Å². The summed E-state index contributed by atoms with van der Waals surface area (Å²) in [6.45, 7) is 4.89. The number of phenolic OH excluding ortho intramolecular Hbond substituents is 1. The zero-order valence-corrected chi connectivity index (χ0v) is 21.0. The molecule has 0 aliphatic carbocycles. The van der Waals surface area contributed by atoms with Crippen LogP contribution in [-0.2, 0) is 27.1 Å². The van der Waals surface area contributed by atoms with Gasteiger partial charge >= 0.3 is 12.1 Å². The molecule has 2 aromatic rings. The molecule has 0 saturated heterocycles. The van der Waals surface area contributed by atoms with Crippen LogP contribution in [0.4, 0.5) is 4.79 Å². The number of hydrogen-bond acceptors (Lipinski definition) is 9. The number of carbonyl (C=O) groups excluding carboxylic acids is 2. The van der Waals surface area contributed by atoms with Gasteiger partial charge in [-0.1, -0.05) is 42.5 Å². The fourth-order valence-electron chi connectivity index (χ4n) is 3.49. The van der Waals surface area contributed by atoms with E-state index in [0.717, 1.165) is 12.0 Å². The van der Waals surface area contributed by atoms with Crippen molar-refractivity contribution >= 4 is 12.1 Å². The highest BCUT2D eigenvalue weighted by atomic mass is 16.6. The number of amides is 1. The second-order valence-corrected chi connectivity index (χ2v) is 9.64. The number of rotatable bonds is 11. The molecule has 0 aromatic heterocycles. The summed E-state index contributed by atoms with van der Waals surface area (Å²) >= 11 is 0. The molecule has 0 fully saturated rings. The normalized spacial score (nSPS) is 13.5. The largest absolute Gasteiger partial charge is 0.508 e. The first-order chi connectivity index (χ1) is 16.8. The first kappa shape index (κ1) is 29.1. The molecule has 0 spiro atoms. The van der Waals surface area contributed by atoms with Gasteiger partial charge in [-0.05, 0) is 69.7 Å². The lowest BCUT2D eigenvalue weighted by Crippen LogP contribution is -2.68. The topological polar surface area (TPSA) is 169 Å². The maximum absolute atomic E-state index is 12.7. The number of phenols is 1. The Hall–Kier alpha value is -3.18. The average molecular weight is 504 g/mol. The zero-order valence-electron chi connectivity index (χ0n) is 21.0. The van der Waals surface area contributed by atoms with E-state index in [9.17, 15) is 24.9 Å². The third kappa shape index (κ3) is 8.80. The van der Waals surface area contributed by atoms with Crippen LogP contribution in [0.5, 0.6) is 5.75 Å². The zero-order chi connectivity index (χ0) is 26.9. The molecule has 0 saturated carbocycles. The van der Waals surface area contributed by atoms with Gasteiger partial charge in [-0.25, -0.2) is 15.6 Å². The van der Waals surface area contributed by atoms with Gasteiger partial charge in [0.15, 0.2) is 6.04 Å². The van der Waals surface area contributed by atoms with E-state index in [1.54, 1.807) is 63.2 Å². The number of nitrogens with zero attached hydrogens (tertiary/aromatic N) is 1. The molecule has 2 rings (SSSR count). The fraction of sp³-hybridized carbons (Fsp3) is 0.462. The van der Waals surface area contributed by atoms with Crippen molar-refractivity contribution in [3.8, 4) is 5.75 Å². The van der Waals surface area contributed by atoms with E-state index >= 15 is 0 Å². The molecule has 0 bridgehead atoms. The minimum atomic E-state index is -2.93. The van der Waals surface area contributed by atoms with Gasteiger partial charge in [0.25, 0.3) is 0 Å². The Morgan fingerprint density at radius 2 is 1.58 bits per heavy atom. The molecule has 1 amide bonds. The van der Waals surface area contributed by atoms with Crippen LogP contribution in [-0.4, -0.2) is 62.5 Å². The Labute approximate surface area is 211 Å². The van der Waals surface area contributed by atoms with Crippen LogP contribution in [0.2, 0.25) is 0 Å². The Morgan fingerprint density at radius 3 is 2.17 bits per heavy atom. The summed E-state index contributed by atoms with van der Waals surface area (Å²) in [7, 11) is 0. The van der Waals surface area contributed by atoms with Crippen LogP contribution >= 0.6 is 0 Å². The van der Waals surface area contributed by atoms with Crippen LogP contribution in [0.25, 0.3) is 0 Å². The number of nitrogens with two attached hydrogens (primary N) is 2. The highest BCUT2D eigenvalue weighted by Crippen LogP contribution is 2.23. The quantitative estimate of drug-likeness (QED) is 0.0769. The summed E-state index contributed by atoms with van der Waals surface area (Å²) < 4.78 is 10.4. The van der Waals surface area contributed by atoms with Crippen LogP contribution < -0.4 is 11.6 Å². The van der Waals surface area contributed by atoms with Crippen LogP contribution in [0, 0.1) is 0 Å². The van der Waals surface area contributed by atoms with Gasteiger partial charge in [0.2, 0.25) is 5.79 Å². The van der Waals surface area contributed by atoms with Crippen LogP contribution in [0.1, 0.15) is 44.7 Å². The van der Waals surface area contributed by atoms with E-state index in [0.29, 0.717) is 23.4 Å². The van der Waals surface area contributed by atoms with Gasteiger partial charge in [-0.15, -0.1) is 0 Å². The summed E-state index contributed by atoms with van der Waals surface area (Å²) in [6, 6.07) is 12.1. The SMILES string of the molecule is CC(C)(C)OC(=O)C(N)C(O)(O)C(Cc1ccccc1)N(N)C(=O)OCCCCc1ccc(O)cc1. The number of aryl methyl sites for hydroxylation is 1. The van der Waals surface area contributed by atoms with E-state index in [2.05, 4.69) is 0 Å². The van der Waals surface area contributed by atoms with Gasteiger partial charge in [0, 0.05) is 0 Å². The van der Waals surface area contributed by atoms with Gasteiger partial charge in [-0.3, -0.25) is 4.79 Å². The molecular weight excluding hydrogens is 466 g/mol. The van der Waals surface area contributed by atoms with Crippen molar-refractivity contribution in [1.29, 1.82) is 0 Å². The van der Waals surface area contributed by atoms with Crippen molar-refractivity contribution in [2.45, 2.75) is 69.9 Å². The van der Waals surface area contributed by atoms with Crippen LogP contribution in [0.15, 0.2) is 54.6 Å². The highest BCUT2D eigenvalue weighted by molar-refractivity contribution is 5.77. The number of hydrogen-bond donors (Lipinski definition) is 5. The van der Waals surface area contributed by atoms with Gasteiger partial charge < -0.3 is 30.5 Å². The Kier molecular flexibility index (Phi) is 10.2. The van der Waals surface area contributed by atoms with Crippen molar-refractivity contribution in [1.82, 2.24) is 5.01 Å². The average Bonchev–Trinajstić information content (AvgIpc) is 2.81. The summed E-state index contributed by atoms with van der Waals surface area (Å²) in [6.07, 6.45) is 0.858. The van der Waals surface area contributed by atoms with E-state index in [1.807, 2.05) is 12.1 Å². The first-order valence-electron chi connectivity index (χ1n) is 11.8. The van der Waals surface area contributed by atoms with Crippen molar-refractivity contribution in [2.75, 3.05) is 6.61 Å². The fourth-order valence-corrected chi connectivity index (χ4v) is 3.49. The van der Waals surface area contributed by atoms with E-state index in [-0.39, 0.29) is 18.8 Å². The number of aromatic hydroxyl groups is 1. The van der Waals surface area contributed by atoms with E-state index in [1.165, 1.54) is 0 Å². The number of unbranched alkanes of at least 4 members (excludes halogenated alkanes) is 1. The summed E-state index contributed by atoms with van der Waals surface area (Å²) in [5, 5.41) is 31.8. The molecule has 0 aliphatic rings. The Balaban J connectivity index is 2.05. The lowest BCUT2D eigenvalue weighted by atomic mass is 9.92. The van der Waals surface area contributed by atoms with Crippen molar-refractivity contribution in [3.63, 3.8) is 0 Å². The van der Waals surface area contributed by atoms with Gasteiger partial charge in [0.1, 0.15) is 17.4 Å². The summed E-state index contributed by atoms with van der Waals surface area (Å²) in [4.78, 5) is 25.2. The van der Waals surface area contributed by atoms with Crippen molar-refractivity contribution < 1.29 is 34.4 Å². The molecule has 7 N–H and O–H groups in total. The highest BCUT2D eigenvalue weighted by Gasteiger charge is 2.49. The molecular formula is C26H37N3O7. The third-order valence-corrected chi connectivity index (χ3v) is 5.45. The molecule has 2 atom stereocenters. The maximum Gasteiger partial charge on any atom is 0.424 e. The molecule has 0 radical (unpaired) electrons. The molecule has 0 heterocycles. The second-order valence-electron chi connectivity index (χ2n) is 9.64. The first-order valence-corrected chi connectivity index (χ1v) is 11.8. The minimum absolute atomic E-state index is 0.0463. The van der Waals surface area contributed by atoms with Crippen molar-refractivity contribution in [2.24, 2.45) is 11.6 Å². The standard InChI is InChI=1S/C26H37N3O7/c1-25(2,3)36-23(31)22(27)26(33,34)21(17-19-10-5-4-6-11-19)29(28)24(32)35-16-8-7-9-18-12-14-20(30)15-13-18/h4-6,10-15,21-22,30,33-34H,7-9,16-17,27-28H2,1-3H3. The van der Waals surface area contributed by atoms with Crippen molar-refractivity contribution in [3.05, 3.63) is 65.7 Å². The van der Waals surface area contributed by atoms with Crippen LogP contribution in [0.3, 0.4) is 0 Å². The molecule has 2 aromatic carbocycles. The van der Waals surface area contributed by atoms with E-state index in [4.69, 9.17) is 21.1 Å². The monoisotopic (exact) mass is 503 g/mol. The number of carbonyl (C=O) groups is 2. The lowest BCUT2D eigenvalue weighted by Gasteiger charge is -2.39. The number of benzene rings is 2. The van der Waals surface area contributed by atoms with Gasteiger partial charge in [0.05, 0.1) is 6.61 Å². The lowest BCUT2D eigenvalue weighted by molar-refractivity contribution is -0.226. The summed E-state index contributed by atoms with van der Waals surface area (Å²) in [5.74, 6) is 2.20. The summed E-state index contributed by atoms with van der Waals surface area (Å²) in [5.41, 5.74) is 6.62. The smallest absolute Gasteiger partial charge is 0.424 e. The molecule has 0 aliphatic heterocycles. The van der Waals surface area contributed by atoms with E-state index < -0.39 is 35.5 Å². The predicted molar refractivity (Wildman–Crippen MR) is 133 cm³/mol. The third-order valence-electron chi connectivity index (χ3n) is 5.45. The number of ether oxygens (including phenoxy) is 2. The molecule has 198 valence electrons. The molecule has 10 heteroatoms. The number of aliphatic hydroxyl groups is 2. The molecule has 10 nitrogen and oxygen atoms in total. The molecule has 36 heavy (non-hydrogen) atoms. The minimum Gasteiger partial charge on any atom is -0.508 e.